The summed E-state index contributed by atoms with van der Waals surface area (Å²) in [4.78, 5) is 13.9. The highest BCUT2D eigenvalue weighted by Crippen LogP contribution is 1.98. The Morgan fingerprint density at radius 3 is 2.75 bits per heavy atom. The monoisotopic (exact) mass is 222 g/mol. The minimum atomic E-state index is 0.0823. The minimum Gasteiger partial charge on any atom is -0.379 e. The SMILES string of the molecule is Cc1ccc(=O)n(CCN2CCOCC2)c1. The molecule has 1 saturated heterocycles. The van der Waals surface area contributed by atoms with Gasteiger partial charge in [-0.2, -0.15) is 0 Å². The van der Waals surface area contributed by atoms with Crippen molar-refractivity contribution in [1.82, 2.24) is 9.47 Å². The molecule has 4 nitrogen and oxygen atoms in total. The molecule has 0 N–H and O–H groups in total. The molecule has 1 aromatic rings. The Balaban J connectivity index is 1.93. The van der Waals surface area contributed by atoms with Gasteiger partial charge in [0, 0.05) is 38.4 Å². The van der Waals surface area contributed by atoms with Crippen molar-refractivity contribution < 1.29 is 4.74 Å². The van der Waals surface area contributed by atoms with E-state index >= 15 is 0 Å². The molecule has 1 aromatic heterocycles. The highest BCUT2D eigenvalue weighted by Gasteiger charge is 2.09. The summed E-state index contributed by atoms with van der Waals surface area (Å²) in [5, 5.41) is 0. The summed E-state index contributed by atoms with van der Waals surface area (Å²) in [6, 6.07) is 3.49. The van der Waals surface area contributed by atoms with Crippen LogP contribution in [0, 0.1) is 6.92 Å². The van der Waals surface area contributed by atoms with Crippen LogP contribution < -0.4 is 5.56 Å². The highest BCUT2D eigenvalue weighted by atomic mass is 16.5. The molecular formula is C12H18N2O2. The zero-order valence-electron chi connectivity index (χ0n) is 9.69. The molecule has 2 rings (SSSR count). The fraction of sp³-hybridized carbons (Fsp3) is 0.583. The van der Waals surface area contributed by atoms with Gasteiger partial charge < -0.3 is 9.30 Å². The third-order valence-corrected chi connectivity index (χ3v) is 2.89. The van der Waals surface area contributed by atoms with Gasteiger partial charge in [0.05, 0.1) is 13.2 Å². The second-order valence-corrected chi connectivity index (χ2v) is 4.19. The molecule has 0 aliphatic carbocycles. The first kappa shape index (κ1) is 11.4. The maximum Gasteiger partial charge on any atom is 0.250 e. The van der Waals surface area contributed by atoms with E-state index in [0.29, 0.717) is 0 Å². The predicted octanol–water partition coefficient (Wildman–Crippen LogP) is 0.489. The van der Waals surface area contributed by atoms with Gasteiger partial charge in [0.15, 0.2) is 0 Å². The van der Waals surface area contributed by atoms with Gasteiger partial charge in [0.25, 0.3) is 5.56 Å². The van der Waals surface area contributed by atoms with Gasteiger partial charge in [-0.3, -0.25) is 9.69 Å². The zero-order valence-corrected chi connectivity index (χ0v) is 9.69. The minimum absolute atomic E-state index is 0.0823. The molecule has 0 spiro atoms. The number of pyridine rings is 1. The smallest absolute Gasteiger partial charge is 0.250 e. The van der Waals surface area contributed by atoms with E-state index in [-0.39, 0.29) is 5.56 Å². The van der Waals surface area contributed by atoms with E-state index in [0.717, 1.165) is 45.0 Å². The number of nitrogens with zero attached hydrogens (tertiary/aromatic N) is 2. The maximum absolute atomic E-state index is 11.6. The van der Waals surface area contributed by atoms with E-state index in [2.05, 4.69) is 4.90 Å². The molecule has 0 radical (unpaired) electrons. The van der Waals surface area contributed by atoms with E-state index in [4.69, 9.17) is 4.74 Å². The molecule has 1 aliphatic rings. The molecule has 2 heterocycles. The van der Waals surface area contributed by atoms with Crippen molar-refractivity contribution >= 4 is 0 Å². The lowest BCUT2D eigenvalue weighted by Crippen LogP contribution is -2.39. The summed E-state index contributed by atoms with van der Waals surface area (Å²) in [6.45, 7) is 7.25. The van der Waals surface area contributed by atoms with Gasteiger partial charge in [-0.25, -0.2) is 0 Å². The van der Waals surface area contributed by atoms with Crippen molar-refractivity contribution in [3.8, 4) is 0 Å². The van der Waals surface area contributed by atoms with Gasteiger partial charge in [0.2, 0.25) is 0 Å². The van der Waals surface area contributed by atoms with Crippen LogP contribution in [0.1, 0.15) is 5.56 Å². The third kappa shape index (κ3) is 2.93. The van der Waals surface area contributed by atoms with E-state index in [9.17, 15) is 4.79 Å². The van der Waals surface area contributed by atoms with Crippen molar-refractivity contribution in [2.24, 2.45) is 0 Å². The maximum atomic E-state index is 11.6. The quantitative estimate of drug-likeness (QED) is 0.746. The van der Waals surface area contributed by atoms with E-state index in [1.165, 1.54) is 0 Å². The lowest BCUT2D eigenvalue weighted by molar-refractivity contribution is 0.0363. The Hall–Kier alpha value is -1.13. The Labute approximate surface area is 95.4 Å². The molecule has 0 amide bonds. The molecule has 0 saturated carbocycles. The summed E-state index contributed by atoms with van der Waals surface area (Å²) in [7, 11) is 0. The average molecular weight is 222 g/mol. The van der Waals surface area contributed by atoms with Crippen LogP contribution >= 0.6 is 0 Å². The van der Waals surface area contributed by atoms with Crippen molar-refractivity contribution in [2.45, 2.75) is 13.5 Å². The fourth-order valence-electron chi connectivity index (χ4n) is 1.90. The molecular weight excluding hydrogens is 204 g/mol. The summed E-state index contributed by atoms with van der Waals surface area (Å²) >= 11 is 0. The summed E-state index contributed by atoms with van der Waals surface area (Å²) < 4.78 is 7.07. The number of aromatic nitrogens is 1. The van der Waals surface area contributed by atoms with Crippen molar-refractivity contribution in [1.29, 1.82) is 0 Å². The van der Waals surface area contributed by atoms with Gasteiger partial charge >= 0.3 is 0 Å². The first-order valence-electron chi connectivity index (χ1n) is 5.73. The highest BCUT2D eigenvalue weighted by molar-refractivity contribution is 5.07. The molecule has 1 aliphatic heterocycles. The molecule has 0 aromatic carbocycles. The Bertz CT molecular complexity index is 394. The average Bonchev–Trinajstić information content (AvgIpc) is 2.32. The Morgan fingerprint density at radius 2 is 2.00 bits per heavy atom. The van der Waals surface area contributed by atoms with Crippen LogP contribution in [0.2, 0.25) is 0 Å². The van der Waals surface area contributed by atoms with Crippen LogP contribution in [0.5, 0.6) is 0 Å². The molecule has 88 valence electrons. The van der Waals surface area contributed by atoms with Crippen LogP contribution in [-0.2, 0) is 11.3 Å². The van der Waals surface area contributed by atoms with Gasteiger partial charge in [-0.05, 0) is 12.5 Å². The van der Waals surface area contributed by atoms with E-state index in [1.807, 2.05) is 19.2 Å². The van der Waals surface area contributed by atoms with Gasteiger partial charge in [0.1, 0.15) is 0 Å². The molecule has 0 unspecified atom stereocenters. The number of hydrogen-bond donors (Lipinski definition) is 0. The van der Waals surface area contributed by atoms with Gasteiger partial charge in [-0.15, -0.1) is 0 Å². The van der Waals surface area contributed by atoms with E-state index in [1.54, 1.807) is 10.6 Å². The third-order valence-electron chi connectivity index (χ3n) is 2.89. The number of morpholine rings is 1. The molecule has 1 fully saturated rings. The fourth-order valence-corrected chi connectivity index (χ4v) is 1.90. The first-order chi connectivity index (χ1) is 7.75. The number of ether oxygens (including phenoxy) is 1. The summed E-state index contributed by atoms with van der Waals surface area (Å²) in [6.07, 6.45) is 1.92. The molecule has 16 heavy (non-hydrogen) atoms. The first-order valence-corrected chi connectivity index (χ1v) is 5.73. The Kier molecular flexibility index (Phi) is 3.74. The van der Waals surface area contributed by atoms with Crippen LogP contribution in [-0.4, -0.2) is 42.3 Å². The van der Waals surface area contributed by atoms with E-state index < -0.39 is 0 Å². The van der Waals surface area contributed by atoms with Crippen LogP contribution in [0.3, 0.4) is 0 Å². The van der Waals surface area contributed by atoms with Crippen molar-refractivity contribution in [3.63, 3.8) is 0 Å². The molecule has 0 bridgehead atoms. The largest absolute Gasteiger partial charge is 0.379 e. The zero-order chi connectivity index (χ0) is 11.4. The number of aryl methyl sites for hydroxylation is 1. The van der Waals surface area contributed by atoms with Crippen LogP contribution in [0.4, 0.5) is 0 Å². The standard InChI is InChI=1S/C12H18N2O2/c1-11-2-3-12(15)14(10-11)5-4-13-6-8-16-9-7-13/h2-3,10H,4-9H2,1H3. The Morgan fingerprint density at radius 1 is 1.25 bits per heavy atom. The summed E-state index contributed by atoms with van der Waals surface area (Å²) in [5.74, 6) is 0. The lowest BCUT2D eigenvalue weighted by Gasteiger charge is -2.26. The van der Waals surface area contributed by atoms with Gasteiger partial charge in [-0.1, -0.05) is 6.07 Å². The molecule has 0 atom stereocenters. The second kappa shape index (κ2) is 5.27. The molecule has 4 heteroatoms. The number of rotatable bonds is 3. The number of hydrogen-bond acceptors (Lipinski definition) is 3. The van der Waals surface area contributed by atoms with Crippen molar-refractivity contribution in [3.05, 3.63) is 34.2 Å². The van der Waals surface area contributed by atoms with Crippen LogP contribution in [0.15, 0.2) is 23.1 Å². The predicted molar refractivity (Wildman–Crippen MR) is 62.7 cm³/mol. The normalized spacial score (nSPS) is 17.6. The second-order valence-electron chi connectivity index (χ2n) is 4.19. The van der Waals surface area contributed by atoms with Crippen molar-refractivity contribution in [2.75, 3.05) is 32.8 Å². The summed E-state index contributed by atoms with van der Waals surface area (Å²) in [5.41, 5.74) is 1.21. The topological polar surface area (TPSA) is 34.5 Å². The van der Waals surface area contributed by atoms with Crippen LogP contribution in [0.25, 0.3) is 0 Å². The lowest BCUT2D eigenvalue weighted by atomic mass is 10.3.